The number of nitrogens with one attached hydrogen (secondary N) is 1. The molecule has 2 aliphatic rings. The minimum atomic E-state index is 0.0910. The first-order valence-corrected chi connectivity index (χ1v) is 12.1. The summed E-state index contributed by atoms with van der Waals surface area (Å²) < 4.78 is 2.03. The van der Waals surface area contributed by atoms with Crippen LogP contribution >= 0.6 is 23.1 Å². The van der Waals surface area contributed by atoms with Gasteiger partial charge in [-0.2, -0.15) is 0 Å². The number of nitrogens with zero attached hydrogens (tertiary/aromatic N) is 4. The van der Waals surface area contributed by atoms with E-state index < -0.39 is 0 Å². The average molecular weight is 416 g/mol. The topological polar surface area (TPSA) is 72.2 Å². The molecule has 0 bridgehead atoms. The van der Waals surface area contributed by atoms with E-state index in [1.165, 1.54) is 59.7 Å². The molecule has 0 spiro atoms. The first-order chi connectivity index (χ1) is 13.7. The number of carbonyl (C=O) groups excluding carboxylic acids is 1. The molecule has 1 N–H and O–H groups in total. The minimum Gasteiger partial charge on any atom is -0.353 e. The molecule has 3 heterocycles. The summed E-state index contributed by atoms with van der Waals surface area (Å²) in [6.45, 7) is 2.00. The summed E-state index contributed by atoms with van der Waals surface area (Å²) in [5.41, 5.74) is 2.32. The van der Waals surface area contributed by atoms with Gasteiger partial charge in [0.15, 0.2) is 10.8 Å². The number of carbonyl (C=O) groups is 1. The molecule has 0 radical (unpaired) electrons. The van der Waals surface area contributed by atoms with E-state index in [0.717, 1.165) is 47.1 Å². The van der Waals surface area contributed by atoms with Crippen LogP contribution < -0.4 is 5.32 Å². The van der Waals surface area contributed by atoms with Gasteiger partial charge in [0.25, 0.3) is 0 Å². The predicted octanol–water partition coefficient (Wildman–Crippen LogP) is 4.07. The van der Waals surface area contributed by atoms with Crippen LogP contribution in [0.5, 0.6) is 0 Å². The van der Waals surface area contributed by atoms with Crippen LogP contribution in [0.2, 0.25) is 0 Å². The molecule has 0 atom stereocenters. The van der Waals surface area contributed by atoms with Crippen molar-refractivity contribution < 1.29 is 4.79 Å². The first-order valence-electron chi connectivity index (χ1n) is 10.3. The van der Waals surface area contributed by atoms with E-state index in [1.54, 1.807) is 0 Å². The SMILES string of the molecule is Cc1nc2sc3c(c2c2nnc(SCC(=O)NC4CCCCC4)n12)CCCC3. The summed E-state index contributed by atoms with van der Waals surface area (Å²) in [5, 5.41) is 14.0. The molecular formula is C20H25N5OS2. The Morgan fingerprint density at radius 2 is 2.00 bits per heavy atom. The molecule has 5 rings (SSSR count). The van der Waals surface area contributed by atoms with Gasteiger partial charge in [-0.25, -0.2) is 4.98 Å². The van der Waals surface area contributed by atoms with E-state index in [2.05, 4.69) is 15.5 Å². The third-order valence-electron chi connectivity index (χ3n) is 5.90. The Hall–Kier alpha value is -1.67. The Bertz CT molecular complexity index is 1030. The molecular weight excluding hydrogens is 390 g/mol. The van der Waals surface area contributed by atoms with Crippen LogP contribution in [-0.4, -0.2) is 37.3 Å². The molecule has 6 nitrogen and oxygen atoms in total. The monoisotopic (exact) mass is 415 g/mol. The summed E-state index contributed by atoms with van der Waals surface area (Å²) in [7, 11) is 0. The second-order valence-electron chi connectivity index (χ2n) is 7.88. The number of fused-ring (bicyclic) bond motifs is 5. The fraction of sp³-hybridized carbons (Fsp3) is 0.600. The van der Waals surface area contributed by atoms with Gasteiger partial charge in [0, 0.05) is 10.9 Å². The molecule has 1 saturated carbocycles. The Morgan fingerprint density at radius 3 is 2.86 bits per heavy atom. The van der Waals surface area contributed by atoms with Crippen LogP contribution in [0.15, 0.2) is 5.16 Å². The first kappa shape index (κ1) is 18.4. The van der Waals surface area contributed by atoms with Gasteiger partial charge < -0.3 is 5.32 Å². The summed E-state index contributed by atoms with van der Waals surface area (Å²) in [4.78, 5) is 19.8. The average Bonchev–Trinajstić information content (AvgIpc) is 3.28. The number of rotatable bonds is 4. The highest BCUT2D eigenvalue weighted by Gasteiger charge is 2.23. The molecule has 3 aromatic rings. The van der Waals surface area contributed by atoms with Crippen LogP contribution in [0.1, 0.15) is 61.2 Å². The van der Waals surface area contributed by atoms with E-state index in [9.17, 15) is 4.79 Å². The van der Waals surface area contributed by atoms with Gasteiger partial charge in [0.05, 0.1) is 11.1 Å². The van der Waals surface area contributed by atoms with E-state index >= 15 is 0 Å². The van der Waals surface area contributed by atoms with Gasteiger partial charge in [-0.15, -0.1) is 21.5 Å². The lowest BCUT2D eigenvalue weighted by Crippen LogP contribution is -2.37. The van der Waals surface area contributed by atoms with E-state index in [0.29, 0.717) is 11.8 Å². The Balaban J connectivity index is 1.40. The van der Waals surface area contributed by atoms with Crippen molar-refractivity contribution in [3.63, 3.8) is 0 Å². The zero-order chi connectivity index (χ0) is 19.1. The molecule has 1 fully saturated rings. The number of thiophene rings is 1. The summed E-state index contributed by atoms with van der Waals surface area (Å²) in [5.74, 6) is 1.35. The lowest BCUT2D eigenvalue weighted by molar-refractivity contribution is -0.119. The third kappa shape index (κ3) is 3.30. The number of hydrogen-bond donors (Lipinski definition) is 1. The molecule has 0 unspecified atom stereocenters. The lowest BCUT2D eigenvalue weighted by Gasteiger charge is -2.22. The molecule has 0 saturated heterocycles. The van der Waals surface area contributed by atoms with Crippen LogP contribution in [0, 0.1) is 6.92 Å². The number of thioether (sulfide) groups is 1. The van der Waals surface area contributed by atoms with Crippen LogP contribution in [0.3, 0.4) is 0 Å². The number of hydrogen-bond acceptors (Lipinski definition) is 6. The highest BCUT2D eigenvalue weighted by Crippen LogP contribution is 2.38. The Labute approximate surface area is 172 Å². The van der Waals surface area contributed by atoms with E-state index in [1.807, 2.05) is 22.7 Å². The molecule has 1 amide bonds. The van der Waals surface area contributed by atoms with Crippen molar-refractivity contribution in [2.24, 2.45) is 0 Å². The van der Waals surface area contributed by atoms with Crippen LogP contribution in [0.25, 0.3) is 15.9 Å². The number of aryl methyl sites for hydroxylation is 3. The number of amides is 1. The van der Waals surface area contributed by atoms with Crippen LogP contribution in [0.4, 0.5) is 0 Å². The Kier molecular flexibility index (Phi) is 5.00. The van der Waals surface area contributed by atoms with Gasteiger partial charge in [-0.3, -0.25) is 9.20 Å². The maximum absolute atomic E-state index is 12.4. The van der Waals surface area contributed by atoms with Crippen molar-refractivity contribution in [2.45, 2.75) is 75.9 Å². The quantitative estimate of drug-likeness (QED) is 0.651. The summed E-state index contributed by atoms with van der Waals surface area (Å²) in [6.07, 6.45) is 10.7. The van der Waals surface area contributed by atoms with Crippen molar-refractivity contribution in [1.82, 2.24) is 24.9 Å². The second-order valence-corrected chi connectivity index (χ2v) is 9.91. The third-order valence-corrected chi connectivity index (χ3v) is 8.01. The predicted molar refractivity (Wildman–Crippen MR) is 113 cm³/mol. The minimum absolute atomic E-state index is 0.0910. The highest BCUT2D eigenvalue weighted by molar-refractivity contribution is 7.99. The molecule has 28 heavy (non-hydrogen) atoms. The molecule has 8 heteroatoms. The van der Waals surface area contributed by atoms with Crippen molar-refractivity contribution in [2.75, 3.05) is 5.75 Å². The fourth-order valence-electron chi connectivity index (χ4n) is 4.52. The smallest absolute Gasteiger partial charge is 0.230 e. The van der Waals surface area contributed by atoms with Gasteiger partial charge in [-0.1, -0.05) is 31.0 Å². The maximum atomic E-state index is 12.4. The molecule has 3 aromatic heterocycles. The number of aromatic nitrogens is 4. The molecule has 0 aliphatic heterocycles. The molecule has 148 valence electrons. The molecule has 2 aliphatic carbocycles. The Morgan fingerprint density at radius 1 is 1.18 bits per heavy atom. The van der Waals surface area contributed by atoms with Crippen molar-refractivity contribution >= 4 is 44.9 Å². The standard InChI is InChI=1S/C20H25N5OS2/c1-12-21-19-17(14-9-5-6-10-15(14)28-19)18-23-24-20(25(12)18)27-11-16(26)22-13-7-3-2-4-8-13/h13H,2-11H2,1H3,(H,22,26). The van der Waals surface area contributed by atoms with Gasteiger partial charge >= 0.3 is 0 Å². The summed E-state index contributed by atoms with van der Waals surface area (Å²) in [6, 6.07) is 0.345. The normalized spacial score (nSPS) is 17.9. The zero-order valence-electron chi connectivity index (χ0n) is 16.2. The zero-order valence-corrected chi connectivity index (χ0v) is 17.8. The maximum Gasteiger partial charge on any atom is 0.230 e. The second kappa shape index (κ2) is 7.63. The van der Waals surface area contributed by atoms with Crippen LogP contribution in [-0.2, 0) is 17.6 Å². The van der Waals surface area contributed by atoms with Gasteiger partial charge in [0.2, 0.25) is 5.91 Å². The molecule has 0 aromatic carbocycles. The fourth-order valence-corrected chi connectivity index (χ4v) is 6.61. The van der Waals surface area contributed by atoms with Crippen molar-refractivity contribution in [3.05, 3.63) is 16.3 Å². The van der Waals surface area contributed by atoms with Crippen molar-refractivity contribution in [3.8, 4) is 0 Å². The largest absolute Gasteiger partial charge is 0.353 e. The van der Waals surface area contributed by atoms with E-state index in [-0.39, 0.29) is 5.91 Å². The van der Waals surface area contributed by atoms with E-state index in [4.69, 9.17) is 4.98 Å². The van der Waals surface area contributed by atoms with Gasteiger partial charge in [-0.05, 0) is 51.0 Å². The highest BCUT2D eigenvalue weighted by atomic mass is 32.2. The van der Waals surface area contributed by atoms with Gasteiger partial charge in [0.1, 0.15) is 10.7 Å². The summed E-state index contributed by atoms with van der Waals surface area (Å²) >= 11 is 3.27. The van der Waals surface area contributed by atoms with Crippen molar-refractivity contribution in [1.29, 1.82) is 0 Å². The lowest BCUT2D eigenvalue weighted by atomic mass is 9.95.